The Morgan fingerprint density at radius 3 is 2.43 bits per heavy atom. The summed E-state index contributed by atoms with van der Waals surface area (Å²) in [5.41, 5.74) is 0.563. The smallest absolute Gasteiger partial charge is 0.318 e. The zero-order chi connectivity index (χ0) is 19.9. The summed E-state index contributed by atoms with van der Waals surface area (Å²) < 4.78 is 5.22. The summed E-state index contributed by atoms with van der Waals surface area (Å²) in [6.45, 7) is 3.99. The largest absolute Gasteiger partial charge is 0.495 e. The molecule has 0 spiro atoms. The van der Waals surface area contributed by atoms with Gasteiger partial charge in [0.2, 0.25) is 11.9 Å². The van der Waals surface area contributed by atoms with Crippen molar-refractivity contribution in [2.45, 2.75) is 13.0 Å². The number of anilines is 2. The van der Waals surface area contributed by atoms with Gasteiger partial charge in [0, 0.05) is 38.6 Å². The number of nitrogens with one attached hydrogen (secondary N) is 2. The number of carbonyl (C=O) groups excluding carboxylic acids is 2. The van der Waals surface area contributed by atoms with E-state index >= 15 is 0 Å². The van der Waals surface area contributed by atoms with Crippen LogP contribution in [0.15, 0.2) is 42.7 Å². The van der Waals surface area contributed by atoms with E-state index in [1.807, 2.05) is 11.0 Å². The van der Waals surface area contributed by atoms with Crippen LogP contribution in [0.5, 0.6) is 5.75 Å². The minimum atomic E-state index is -0.687. The highest BCUT2D eigenvalue weighted by Gasteiger charge is 2.25. The van der Waals surface area contributed by atoms with Crippen LogP contribution in [-0.4, -0.2) is 66.1 Å². The number of methoxy groups -OCH3 is 1. The molecule has 0 unspecified atom stereocenters. The van der Waals surface area contributed by atoms with Gasteiger partial charge in [0.25, 0.3) is 0 Å². The van der Waals surface area contributed by atoms with Crippen molar-refractivity contribution >= 4 is 23.6 Å². The van der Waals surface area contributed by atoms with Crippen molar-refractivity contribution in [3.63, 3.8) is 0 Å². The van der Waals surface area contributed by atoms with E-state index in [4.69, 9.17) is 4.74 Å². The number of carbonyl (C=O) groups is 2. The van der Waals surface area contributed by atoms with Gasteiger partial charge in [-0.05, 0) is 25.1 Å². The highest BCUT2D eigenvalue weighted by atomic mass is 16.5. The van der Waals surface area contributed by atoms with E-state index in [1.54, 1.807) is 48.5 Å². The molecule has 0 bridgehead atoms. The maximum atomic E-state index is 12.5. The molecular weight excluding hydrogens is 360 g/mol. The molecule has 1 aliphatic rings. The highest BCUT2D eigenvalue weighted by molar-refractivity contribution is 5.97. The number of urea groups is 1. The van der Waals surface area contributed by atoms with Gasteiger partial charge in [-0.15, -0.1) is 0 Å². The van der Waals surface area contributed by atoms with Gasteiger partial charge in [-0.1, -0.05) is 12.1 Å². The van der Waals surface area contributed by atoms with Crippen molar-refractivity contribution in [2.75, 3.05) is 43.5 Å². The Labute approximate surface area is 163 Å². The van der Waals surface area contributed by atoms with Crippen molar-refractivity contribution in [1.29, 1.82) is 0 Å². The predicted molar refractivity (Wildman–Crippen MR) is 105 cm³/mol. The number of piperazine rings is 1. The molecule has 1 saturated heterocycles. The van der Waals surface area contributed by atoms with E-state index in [0.29, 0.717) is 43.6 Å². The van der Waals surface area contributed by atoms with Gasteiger partial charge < -0.3 is 25.2 Å². The Balaban J connectivity index is 1.50. The number of aromatic nitrogens is 2. The van der Waals surface area contributed by atoms with Gasteiger partial charge in [-0.2, -0.15) is 0 Å². The summed E-state index contributed by atoms with van der Waals surface area (Å²) in [4.78, 5) is 37.1. The average Bonchev–Trinajstić information content (AvgIpc) is 2.74. The molecule has 2 aromatic rings. The number of hydrogen-bond acceptors (Lipinski definition) is 6. The Hall–Kier alpha value is -3.36. The third kappa shape index (κ3) is 4.67. The molecular formula is C19H24N6O3. The second-order valence-electron chi connectivity index (χ2n) is 6.38. The van der Waals surface area contributed by atoms with E-state index in [1.165, 1.54) is 7.11 Å². The van der Waals surface area contributed by atoms with E-state index < -0.39 is 6.04 Å². The second kappa shape index (κ2) is 9.03. The third-order valence-electron chi connectivity index (χ3n) is 4.50. The number of nitrogens with zero attached hydrogens (tertiary/aromatic N) is 4. The third-order valence-corrected chi connectivity index (χ3v) is 4.50. The summed E-state index contributed by atoms with van der Waals surface area (Å²) in [5, 5.41) is 5.52. The monoisotopic (exact) mass is 384 g/mol. The van der Waals surface area contributed by atoms with Crippen LogP contribution >= 0.6 is 0 Å². The van der Waals surface area contributed by atoms with E-state index in [-0.39, 0.29) is 11.9 Å². The van der Waals surface area contributed by atoms with Crippen LogP contribution in [-0.2, 0) is 4.79 Å². The number of rotatable bonds is 5. The van der Waals surface area contributed by atoms with Gasteiger partial charge >= 0.3 is 6.03 Å². The van der Waals surface area contributed by atoms with Crippen molar-refractivity contribution in [3.8, 4) is 5.75 Å². The highest BCUT2D eigenvalue weighted by Crippen LogP contribution is 2.23. The van der Waals surface area contributed by atoms with Crippen molar-refractivity contribution < 1.29 is 14.3 Å². The topological polar surface area (TPSA) is 99.7 Å². The normalized spacial score (nSPS) is 14.9. The molecule has 0 radical (unpaired) electrons. The maximum absolute atomic E-state index is 12.5. The Bertz CT molecular complexity index is 808. The molecule has 3 amide bonds. The molecule has 1 aliphatic heterocycles. The fourth-order valence-electron chi connectivity index (χ4n) is 2.90. The summed E-state index contributed by atoms with van der Waals surface area (Å²) in [5.74, 6) is 0.912. The Morgan fingerprint density at radius 2 is 1.75 bits per heavy atom. The van der Waals surface area contributed by atoms with Crippen molar-refractivity contribution in [2.24, 2.45) is 0 Å². The fourth-order valence-corrected chi connectivity index (χ4v) is 2.90. The van der Waals surface area contributed by atoms with Gasteiger partial charge in [-0.3, -0.25) is 4.79 Å². The molecule has 2 heterocycles. The van der Waals surface area contributed by atoms with Crippen LogP contribution < -0.4 is 20.3 Å². The van der Waals surface area contributed by atoms with Gasteiger partial charge in [0.05, 0.1) is 12.8 Å². The number of benzene rings is 1. The molecule has 28 heavy (non-hydrogen) atoms. The number of amides is 3. The van der Waals surface area contributed by atoms with Gasteiger partial charge in [0.15, 0.2) is 0 Å². The molecule has 9 heteroatoms. The molecule has 148 valence electrons. The molecule has 1 aromatic heterocycles. The first-order chi connectivity index (χ1) is 13.6. The quantitative estimate of drug-likeness (QED) is 0.807. The number of para-hydroxylation sites is 2. The summed E-state index contributed by atoms with van der Waals surface area (Å²) in [6, 6.07) is 7.94. The van der Waals surface area contributed by atoms with Gasteiger partial charge in [-0.25, -0.2) is 14.8 Å². The van der Waals surface area contributed by atoms with Crippen molar-refractivity contribution in [1.82, 2.24) is 20.2 Å². The van der Waals surface area contributed by atoms with Crippen LogP contribution in [0.1, 0.15) is 6.92 Å². The lowest BCUT2D eigenvalue weighted by molar-refractivity contribution is -0.117. The average molecular weight is 384 g/mol. The second-order valence-corrected chi connectivity index (χ2v) is 6.38. The first kappa shape index (κ1) is 19.4. The molecule has 0 saturated carbocycles. The SMILES string of the molecule is COc1ccccc1NC(=O)[C@H](C)NC(=O)N1CCN(c2ncccn2)CC1. The molecule has 3 rings (SSSR count). The summed E-state index contributed by atoms with van der Waals surface area (Å²) in [7, 11) is 1.54. The fraction of sp³-hybridized carbons (Fsp3) is 0.368. The van der Waals surface area contributed by atoms with Crippen LogP contribution in [0, 0.1) is 0 Å². The standard InChI is InChI=1S/C19H24N6O3/c1-14(17(26)23-15-6-3-4-7-16(15)28-2)22-19(27)25-12-10-24(11-13-25)18-20-8-5-9-21-18/h3-9,14H,10-13H2,1-2H3,(H,22,27)(H,23,26)/t14-/m0/s1. The minimum absolute atomic E-state index is 0.267. The molecule has 9 nitrogen and oxygen atoms in total. The Morgan fingerprint density at radius 1 is 1.07 bits per heavy atom. The van der Waals surface area contributed by atoms with Crippen LogP contribution in [0.4, 0.5) is 16.4 Å². The first-order valence-electron chi connectivity index (χ1n) is 9.10. The molecule has 1 aromatic carbocycles. The molecule has 1 atom stereocenters. The van der Waals surface area contributed by atoms with Crippen molar-refractivity contribution in [3.05, 3.63) is 42.7 Å². The lowest BCUT2D eigenvalue weighted by Crippen LogP contribution is -2.55. The van der Waals surface area contributed by atoms with Crippen LogP contribution in [0.25, 0.3) is 0 Å². The molecule has 1 fully saturated rings. The Kier molecular flexibility index (Phi) is 6.25. The van der Waals surface area contributed by atoms with E-state index in [2.05, 4.69) is 20.6 Å². The minimum Gasteiger partial charge on any atom is -0.495 e. The van der Waals surface area contributed by atoms with E-state index in [0.717, 1.165) is 0 Å². The number of hydrogen-bond donors (Lipinski definition) is 2. The molecule has 0 aliphatic carbocycles. The summed E-state index contributed by atoms with van der Waals surface area (Å²) in [6.07, 6.45) is 3.40. The first-order valence-corrected chi connectivity index (χ1v) is 9.10. The lowest BCUT2D eigenvalue weighted by Gasteiger charge is -2.35. The van der Waals surface area contributed by atoms with Crippen LogP contribution in [0.2, 0.25) is 0 Å². The lowest BCUT2D eigenvalue weighted by atomic mass is 10.2. The van der Waals surface area contributed by atoms with Gasteiger partial charge in [0.1, 0.15) is 11.8 Å². The van der Waals surface area contributed by atoms with Crippen LogP contribution in [0.3, 0.4) is 0 Å². The molecule has 2 N–H and O–H groups in total. The number of ether oxygens (including phenoxy) is 1. The summed E-state index contributed by atoms with van der Waals surface area (Å²) >= 11 is 0. The zero-order valence-electron chi connectivity index (χ0n) is 16.0. The predicted octanol–water partition coefficient (Wildman–Crippen LogP) is 1.34. The van der Waals surface area contributed by atoms with E-state index in [9.17, 15) is 9.59 Å². The zero-order valence-corrected chi connectivity index (χ0v) is 16.0. The maximum Gasteiger partial charge on any atom is 0.318 e.